The molecular weight excluding hydrogens is 511 g/mol. The molecule has 0 radical (unpaired) electrons. The molecule has 0 bridgehead atoms. The van der Waals surface area contributed by atoms with E-state index >= 15 is 0 Å². The summed E-state index contributed by atoms with van der Waals surface area (Å²) in [6.07, 6.45) is 4.40. The van der Waals surface area contributed by atoms with Crippen molar-refractivity contribution in [1.82, 2.24) is 10.2 Å². The van der Waals surface area contributed by atoms with Crippen LogP contribution in [0, 0.1) is 6.92 Å². The average molecular weight is 547 g/mol. The molecule has 0 spiro atoms. The molecule has 5 rings (SSSR count). The summed E-state index contributed by atoms with van der Waals surface area (Å²) >= 11 is 6.81. The summed E-state index contributed by atoms with van der Waals surface area (Å²) in [5.74, 6) is 0.765. The Morgan fingerprint density at radius 1 is 1.08 bits per heavy atom. The third-order valence-electron chi connectivity index (χ3n) is 7.77. The highest BCUT2D eigenvalue weighted by Crippen LogP contribution is 2.42. The minimum absolute atomic E-state index is 0.0777. The molecule has 4 nitrogen and oxygen atoms in total. The molecule has 3 aromatic carbocycles. The smallest absolute Gasteiger partial charge is 0.251 e. The van der Waals surface area contributed by atoms with Crippen molar-refractivity contribution in [3.8, 4) is 5.75 Å². The molecule has 204 valence electrons. The summed E-state index contributed by atoms with van der Waals surface area (Å²) in [5.41, 5.74) is 8.64. The van der Waals surface area contributed by atoms with Crippen molar-refractivity contribution in [3.05, 3.63) is 99.1 Å². The largest absolute Gasteiger partial charge is 0.489 e. The molecule has 0 saturated carbocycles. The number of benzene rings is 3. The number of aryl methyl sites for hydroxylation is 2. The highest BCUT2D eigenvalue weighted by molar-refractivity contribution is 6.33. The standard InChI is InChI=1S/C33H36ClFN2O2/c1-22-7-13-29(31(34)19-22)30-6-3-5-24-20-25(33(38)36-2)10-14-28(24)32(30)23-8-11-26(12-9-23)39-27-15-18-37(21-27)17-4-16-35/h7-14,19-20,27H,3-6,15-18,21H2,1-2H3,(H,36,38). The number of hydrogen-bond acceptors (Lipinski definition) is 3. The first-order chi connectivity index (χ1) is 19.0. The second-order valence-corrected chi connectivity index (χ2v) is 10.9. The van der Waals surface area contributed by atoms with E-state index in [1.54, 1.807) is 7.05 Å². The first-order valence-corrected chi connectivity index (χ1v) is 14.2. The van der Waals surface area contributed by atoms with Gasteiger partial charge >= 0.3 is 0 Å². The Morgan fingerprint density at radius 2 is 1.87 bits per heavy atom. The lowest BCUT2D eigenvalue weighted by atomic mass is 9.87. The minimum Gasteiger partial charge on any atom is -0.489 e. The van der Waals surface area contributed by atoms with E-state index in [0.717, 1.165) is 83.9 Å². The second-order valence-electron chi connectivity index (χ2n) is 10.5. The van der Waals surface area contributed by atoms with Crippen LogP contribution in [-0.4, -0.2) is 50.3 Å². The number of allylic oxidation sites excluding steroid dienone is 1. The van der Waals surface area contributed by atoms with E-state index < -0.39 is 0 Å². The van der Waals surface area contributed by atoms with Crippen LogP contribution in [0.2, 0.25) is 5.02 Å². The Balaban J connectivity index is 1.51. The number of ether oxygens (including phenoxy) is 1. The van der Waals surface area contributed by atoms with Gasteiger partial charge in [-0.1, -0.05) is 41.9 Å². The molecule has 1 atom stereocenters. The van der Waals surface area contributed by atoms with Crippen LogP contribution in [0.3, 0.4) is 0 Å². The molecule has 1 unspecified atom stereocenters. The van der Waals surface area contributed by atoms with Gasteiger partial charge in [-0.2, -0.15) is 0 Å². The number of nitrogens with one attached hydrogen (secondary N) is 1. The summed E-state index contributed by atoms with van der Waals surface area (Å²) < 4.78 is 18.9. The van der Waals surface area contributed by atoms with Crippen LogP contribution >= 0.6 is 11.6 Å². The first kappa shape index (κ1) is 27.4. The average Bonchev–Trinajstić information content (AvgIpc) is 3.30. The zero-order valence-corrected chi connectivity index (χ0v) is 23.5. The lowest BCUT2D eigenvalue weighted by molar-refractivity contribution is 0.0963. The Kier molecular flexibility index (Phi) is 8.69. The van der Waals surface area contributed by atoms with E-state index in [4.69, 9.17) is 16.3 Å². The molecule has 6 heteroatoms. The fourth-order valence-corrected chi connectivity index (χ4v) is 6.16. The van der Waals surface area contributed by atoms with Gasteiger partial charge in [0.2, 0.25) is 0 Å². The Labute approximate surface area is 235 Å². The van der Waals surface area contributed by atoms with E-state index in [2.05, 4.69) is 47.5 Å². The van der Waals surface area contributed by atoms with Gasteiger partial charge in [-0.25, -0.2) is 0 Å². The van der Waals surface area contributed by atoms with Gasteiger partial charge in [-0.05, 0) is 108 Å². The molecular formula is C33H36ClFN2O2. The zero-order chi connectivity index (χ0) is 27.4. The van der Waals surface area contributed by atoms with E-state index in [0.29, 0.717) is 12.0 Å². The van der Waals surface area contributed by atoms with Crippen LogP contribution in [0.5, 0.6) is 5.75 Å². The molecule has 3 aromatic rings. The van der Waals surface area contributed by atoms with Gasteiger partial charge < -0.3 is 10.1 Å². The molecule has 1 amide bonds. The lowest BCUT2D eigenvalue weighted by Gasteiger charge is -2.19. The van der Waals surface area contributed by atoms with Crippen molar-refractivity contribution in [3.63, 3.8) is 0 Å². The number of hydrogen-bond donors (Lipinski definition) is 1. The lowest BCUT2D eigenvalue weighted by Crippen LogP contribution is -2.26. The molecule has 2 aliphatic rings. The van der Waals surface area contributed by atoms with Crippen LogP contribution in [-0.2, 0) is 6.42 Å². The quantitative estimate of drug-likeness (QED) is 0.327. The summed E-state index contributed by atoms with van der Waals surface area (Å²) in [6, 6.07) is 20.6. The Hall–Kier alpha value is -3.15. The SMILES string of the molecule is CNC(=O)c1ccc2c(c1)CCCC(c1ccc(C)cc1Cl)=C2c1ccc(OC2CCN(CCCF)C2)cc1. The number of carbonyl (C=O) groups excluding carboxylic acids is 1. The molecule has 1 saturated heterocycles. The number of fused-ring (bicyclic) bond motifs is 1. The fraction of sp³-hybridized carbons (Fsp3) is 0.364. The van der Waals surface area contributed by atoms with Gasteiger partial charge in [-0.3, -0.25) is 14.1 Å². The van der Waals surface area contributed by atoms with Crippen LogP contribution < -0.4 is 10.1 Å². The van der Waals surface area contributed by atoms with Crippen molar-refractivity contribution in [1.29, 1.82) is 0 Å². The summed E-state index contributed by atoms with van der Waals surface area (Å²) in [6.45, 7) is 4.35. The molecule has 1 aliphatic heterocycles. The number of alkyl halides is 1. The molecule has 0 aromatic heterocycles. The summed E-state index contributed by atoms with van der Waals surface area (Å²) in [4.78, 5) is 14.7. The molecule has 1 aliphatic carbocycles. The van der Waals surface area contributed by atoms with E-state index in [-0.39, 0.29) is 18.7 Å². The summed E-state index contributed by atoms with van der Waals surface area (Å²) in [5, 5.41) is 3.50. The number of carbonyl (C=O) groups is 1. The monoisotopic (exact) mass is 546 g/mol. The molecule has 1 fully saturated rings. The van der Waals surface area contributed by atoms with E-state index in [9.17, 15) is 9.18 Å². The number of halogens is 2. The predicted molar refractivity (Wildman–Crippen MR) is 157 cm³/mol. The topological polar surface area (TPSA) is 41.6 Å². The van der Waals surface area contributed by atoms with Crippen LogP contribution in [0.4, 0.5) is 4.39 Å². The highest BCUT2D eigenvalue weighted by atomic mass is 35.5. The zero-order valence-electron chi connectivity index (χ0n) is 22.7. The fourth-order valence-electron chi connectivity index (χ4n) is 5.81. The van der Waals surface area contributed by atoms with E-state index in [1.165, 1.54) is 11.1 Å². The number of nitrogens with zero attached hydrogens (tertiary/aromatic N) is 1. The minimum atomic E-state index is -0.272. The third-order valence-corrected chi connectivity index (χ3v) is 8.08. The third kappa shape index (κ3) is 6.21. The molecule has 39 heavy (non-hydrogen) atoms. The molecule has 1 N–H and O–H groups in total. The van der Waals surface area contributed by atoms with Crippen molar-refractivity contribution < 1.29 is 13.9 Å². The number of rotatable bonds is 8. The van der Waals surface area contributed by atoms with Crippen molar-refractivity contribution >= 4 is 28.7 Å². The van der Waals surface area contributed by atoms with Gasteiger partial charge in [-0.15, -0.1) is 0 Å². The highest BCUT2D eigenvalue weighted by Gasteiger charge is 2.25. The maximum absolute atomic E-state index is 12.6. The number of likely N-dealkylation sites (tertiary alicyclic amines) is 1. The first-order valence-electron chi connectivity index (χ1n) is 13.9. The van der Waals surface area contributed by atoms with Gasteiger partial charge in [0.25, 0.3) is 5.91 Å². The van der Waals surface area contributed by atoms with E-state index in [1.807, 2.05) is 30.3 Å². The van der Waals surface area contributed by atoms with Crippen LogP contribution in [0.1, 0.15) is 63.9 Å². The van der Waals surface area contributed by atoms with Crippen LogP contribution in [0.15, 0.2) is 60.7 Å². The number of amides is 1. The maximum Gasteiger partial charge on any atom is 0.251 e. The maximum atomic E-state index is 12.6. The van der Waals surface area contributed by atoms with Crippen LogP contribution in [0.25, 0.3) is 11.1 Å². The van der Waals surface area contributed by atoms with Crippen molar-refractivity contribution in [2.75, 3.05) is 33.4 Å². The van der Waals surface area contributed by atoms with Gasteiger partial charge in [0, 0.05) is 37.3 Å². The predicted octanol–water partition coefficient (Wildman–Crippen LogP) is 7.12. The van der Waals surface area contributed by atoms with Gasteiger partial charge in [0.1, 0.15) is 11.9 Å². The molecule has 1 heterocycles. The van der Waals surface area contributed by atoms with Crippen molar-refractivity contribution in [2.45, 2.75) is 45.1 Å². The normalized spacial score (nSPS) is 17.6. The van der Waals surface area contributed by atoms with Gasteiger partial charge in [0.05, 0.1) is 6.67 Å². The van der Waals surface area contributed by atoms with Gasteiger partial charge in [0.15, 0.2) is 0 Å². The summed E-state index contributed by atoms with van der Waals surface area (Å²) in [7, 11) is 1.66. The Morgan fingerprint density at radius 3 is 2.62 bits per heavy atom. The Bertz CT molecular complexity index is 1370. The second kappa shape index (κ2) is 12.4. The van der Waals surface area contributed by atoms with Crippen molar-refractivity contribution in [2.24, 2.45) is 0 Å².